The van der Waals surface area contributed by atoms with Crippen molar-refractivity contribution in [2.45, 2.75) is 114 Å². The molecule has 0 N–H and O–H groups in total. The molecule has 673 valence electrons. The molecule has 0 unspecified atom stereocenters. The average Bonchev–Trinajstić information content (AvgIpc) is 1.69. The molecule has 0 aliphatic heterocycles. The monoisotopic (exact) mass is 2700 g/mol. The smallest absolute Gasteiger partial charge is 0.204 e. The minimum absolute atomic E-state index is 0. The number of para-hydroxylation sites is 4. The normalized spacial score (nSPS) is 11.0. The number of benzene rings is 8. The Kier molecular flexibility index (Phi) is 32.3. The van der Waals surface area contributed by atoms with Gasteiger partial charge < -0.3 is 37.4 Å². The van der Waals surface area contributed by atoms with Gasteiger partial charge in [-0.2, -0.15) is 67.1 Å². The van der Waals surface area contributed by atoms with Crippen LogP contribution in [0.5, 0.6) is 0 Å². The molecule has 132 heavy (non-hydrogen) atoms. The number of aryl methyl sites for hydroxylation is 8. The van der Waals surface area contributed by atoms with Crippen LogP contribution in [0.15, 0.2) is 217 Å². The summed E-state index contributed by atoms with van der Waals surface area (Å²) in [4.78, 5) is 63.0. The number of pyridine rings is 3. The number of hydrogen-bond acceptors (Lipinski definition) is 18. The van der Waals surface area contributed by atoms with Crippen LogP contribution < -0.4 is 0 Å². The standard InChI is InChI=1S/C26H24N3S.C24H16N5S.C20H19N4.C18H12N5S.C13H12FN4S.5Ir/c1-16(2)19-8-7-9-20(17(3)4)25(19)29-23-11-6-5-10-21(23)28-26(29)18-12-13-24-22(14-18)27-15-30-24;1-15-10-18(17-6-4-3-5-7-17)11-16(2)22(15)29-13-19(12-25)27-24(29)20-8-9-21-23(28-20)26-14-30-21;1-13-6-5-7-14(2)19(13)24-15(3)11-21-20(24)16-8-9-18-17(10-16)22-12-23(18)4;1-11-6-14(19-3)7-12(2)16(11)23-5-4-20-17(23)13-8-15-18(21-9-13)24-10-22-15;1-13(2,3)18-10(14)6-15-11(18)8-4-9-12(16-5-8)19-7-17-9;;;;;/h5-11,13-17H,1-4H3;3-7,9-11,13-14H,1-2H3;5-7,9-12H,1-4H3;4-8,10H,1-2H3;4,6-7H,1-3H3;;;;;/q5*-1;;;;;. The molecule has 0 bridgehead atoms. The van der Waals surface area contributed by atoms with Crippen molar-refractivity contribution >= 4 is 114 Å². The molecule has 5 radical (unpaired) electrons. The van der Waals surface area contributed by atoms with Gasteiger partial charge in [-0.15, -0.1) is 59.7 Å². The van der Waals surface area contributed by atoms with Gasteiger partial charge in [0.15, 0.2) is 5.69 Å². The Hall–Kier alpha value is -11.3. The Morgan fingerprint density at radius 2 is 1.03 bits per heavy atom. The third-order valence-electron chi connectivity index (χ3n) is 21.8. The number of thiazole rings is 4. The molecule has 0 aliphatic rings. The molecule has 13 aromatic heterocycles. The van der Waals surface area contributed by atoms with Crippen LogP contribution in [0.3, 0.4) is 0 Å². The molecule has 13 heterocycles. The second kappa shape index (κ2) is 42.7. The number of nitrogens with zero attached hydrogens (tertiary/aromatic N) is 21. The molecule has 0 saturated heterocycles. The summed E-state index contributed by atoms with van der Waals surface area (Å²) in [7, 11) is 1.99. The fraction of sp³-hybridized carbons (Fsp3) is 0.178. The number of fused-ring (bicyclic) bond motifs is 6. The fourth-order valence-electron chi connectivity index (χ4n) is 16.0. The summed E-state index contributed by atoms with van der Waals surface area (Å²) >= 11 is 6.11. The second-order valence-corrected chi connectivity index (χ2v) is 35.8. The average molecular weight is 2700 g/mol. The number of aromatic nitrogens is 19. The van der Waals surface area contributed by atoms with E-state index in [2.05, 4.69) is 270 Å². The molecule has 0 spiro atoms. The predicted octanol–water partition coefficient (Wildman–Crippen LogP) is 24.7. The first-order chi connectivity index (χ1) is 61.4. The fourth-order valence-corrected chi connectivity index (χ4v) is 18.4. The van der Waals surface area contributed by atoms with Crippen molar-refractivity contribution in [3.63, 3.8) is 0 Å². The molecule has 21 nitrogen and oxygen atoms in total. The maximum atomic E-state index is 13.9. The van der Waals surface area contributed by atoms with E-state index in [1.54, 1.807) is 44.8 Å². The summed E-state index contributed by atoms with van der Waals surface area (Å²) in [5, 5.41) is 9.47. The SMILES string of the molecule is CC(C)(C)n1c(F)cnc1-c1[c-]nc2scnc2c1.CC(C)c1cccc(C(C)C)c1-n1c(-c2[c-]cc3scnc3c2)nc2ccccc21.Cc1cc(-c2ccccc2)cc(C)c1-n1cc(C#N)nc1-c1[c-]cc2scnc2n1.Cc1cccc(C)c1-n1c(C)cnc1-c1[c-]cc2c(c1)ncn2C.[C-]#[N+]c1cc(C)c(-n2ccnc2-c2[c-]nc3scnc3c2)c(C)c1.[Ir].[Ir].[Ir].[Ir].[Ir]. The summed E-state index contributed by atoms with van der Waals surface area (Å²) in [6.07, 6.45) is 16.4. The first-order valence-corrected chi connectivity index (χ1v) is 44.5. The topological polar surface area (TPSA) is 225 Å². The molecule has 21 aromatic rings. The van der Waals surface area contributed by atoms with Crippen molar-refractivity contribution in [3.8, 4) is 97.0 Å². The second-order valence-electron chi connectivity index (χ2n) is 32.3. The van der Waals surface area contributed by atoms with E-state index in [1.807, 2.05) is 140 Å². The third-order valence-corrected chi connectivity index (χ3v) is 24.8. The van der Waals surface area contributed by atoms with Gasteiger partial charge in [-0.3, -0.25) is 49.8 Å². The van der Waals surface area contributed by atoms with E-state index in [0.29, 0.717) is 51.8 Å². The van der Waals surface area contributed by atoms with E-state index < -0.39 is 5.54 Å². The van der Waals surface area contributed by atoms with E-state index in [-0.39, 0.29) is 106 Å². The van der Waals surface area contributed by atoms with E-state index >= 15 is 0 Å². The van der Waals surface area contributed by atoms with Gasteiger partial charge >= 0.3 is 0 Å². The van der Waals surface area contributed by atoms with Crippen LogP contribution in [-0.4, -0.2) is 92.2 Å². The number of halogens is 1. The molecule has 31 heteroatoms. The van der Waals surface area contributed by atoms with E-state index in [0.717, 1.165) is 137 Å². The van der Waals surface area contributed by atoms with Gasteiger partial charge in [0.05, 0.1) is 91.0 Å². The number of imidazole rings is 6. The summed E-state index contributed by atoms with van der Waals surface area (Å²) in [5.41, 5.74) is 36.4. The maximum absolute atomic E-state index is 13.9. The zero-order valence-corrected chi connectivity index (χ0v) is 89.2. The number of nitriles is 1. The Morgan fingerprint density at radius 1 is 0.470 bits per heavy atom. The van der Waals surface area contributed by atoms with Gasteiger partial charge in [-0.25, -0.2) is 9.83 Å². The van der Waals surface area contributed by atoms with Crippen LogP contribution in [0.25, 0.3) is 159 Å². The van der Waals surface area contributed by atoms with Crippen molar-refractivity contribution in [3.05, 3.63) is 321 Å². The zero-order valence-electron chi connectivity index (χ0n) is 74.0. The van der Waals surface area contributed by atoms with Crippen LogP contribution in [0.2, 0.25) is 0 Å². The van der Waals surface area contributed by atoms with Crippen LogP contribution in [0.4, 0.5) is 10.1 Å². The molecule has 21 rings (SSSR count). The Bertz CT molecular complexity index is 7710. The number of hydrogen-bond donors (Lipinski definition) is 0. The van der Waals surface area contributed by atoms with Crippen molar-refractivity contribution in [1.29, 1.82) is 5.26 Å². The van der Waals surface area contributed by atoms with Gasteiger partial charge in [0.1, 0.15) is 17.4 Å². The van der Waals surface area contributed by atoms with Gasteiger partial charge in [0.2, 0.25) is 5.95 Å². The predicted molar refractivity (Wildman–Crippen MR) is 508 cm³/mol. The third kappa shape index (κ3) is 20.4. The van der Waals surface area contributed by atoms with E-state index in [9.17, 15) is 9.65 Å². The minimum atomic E-state index is -0.402. The largest absolute Gasteiger partial charge is 0.373 e. The minimum Gasteiger partial charge on any atom is -0.373 e. The Morgan fingerprint density at radius 3 is 1.68 bits per heavy atom. The molecule has 0 fully saturated rings. The van der Waals surface area contributed by atoms with Crippen LogP contribution in [-0.2, 0) is 113 Å². The van der Waals surface area contributed by atoms with Crippen LogP contribution >= 0.6 is 45.3 Å². The summed E-state index contributed by atoms with van der Waals surface area (Å²) < 4.78 is 28.1. The van der Waals surface area contributed by atoms with Gasteiger partial charge in [0, 0.05) is 183 Å². The summed E-state index contributed by atoms with van der Waals surface area (Å²) in [6, 6.07) is 65.9. The Balaban J connectivity index is 0.000000149. The molecule has 0 aliphatic carbocycles. The number of rotatable bonds is 12. The molecule has 0 atom stereocenters. The molecule has 0 amide bonds. The zero-order chi connectivity index (χ0) is 88.6. The molecular formula is C101H83FIr5N21S4-5. The van der Waals surface area contributed by atoms with E-state index in [4.69, 9.17) is 11.6 Å². The summed E-state index contributed by atoms with van der Waals surface area (Å²) in [6.45, 7) is 36.5. The van der Waals surface area contributed by atoms with E-state index in [1.165, 1.54) is 79.4 Å². The van der Waals surface area contributed by atoms with Crippen molar-refractivity contribution in [2.75, 3.05) is 0 Å². The van der Waals surface area contributed by atoms with Crippen molar-refractivity contribution in [1.82, 2.24) is 92.2 Å². The maximum Gasteiger partial charge on any atom is 0.204 e. The Labute approximate surface area is 847 Å². The first kappa shape index (κ1) is 99.7. The molecular weight excluding hydrogens is 2620 g/mol. The molecule has 8 aromatic carbocycles. The summed E-state index contributed by atoms with van der Waals surface area (Å²) in [5.74, 6) is 4.12. The van der Waals surface area contributed by atoms with Gasteiger partial charge in [-0.05, 0) is 199 Å². The first-order valence-electron chi connectivity index (χ1n) is 41.0. The van der Waals surface area contributed by atoms with Crippen LogP contribution in [0, 0.1) is 103 Å². The molecule has 0 saturated carbocycles. The van der Waals surface area contributed by atoms with Crippen molar-refractivity contribution in [2.24, 2.45) is 7.05 Å². The quantitative estimate of drug-likeness (QED) is 0.104. The van der Waals surface area contributed by atoms with Crippen molar-refractivity contribution < 1.29 is 105 Å². The van der Waals surface area contributed by atoms with Gasteiger partial charge in [-0.1, -0.05) is 130 Å². The van der Waals surface area contributed by atoms with Crippen LogP contribution in [0.1, 0.15) is 116 Å². The van der Waals surface area contributed by atoms with Gasteiger partial charge in [0.25, 0.3) is 0 Å².